The smallest absolute Gasteiger partial charge is 0.220 e. The molecule has 10 heavy (non-hydrogen) atoms. The zero-order chi connectivity index (χ0) is 7.56. The summed E-state index contributed by atoms with van der Waals surface area (Å²) >= 11 is 0. The van der Waals surface area contributed by atoms with Crippen molar-refractivity contribution in [2.75, 3.05) is 0 Å². The van der Waals surface area contributed by atoms with Gasteiger partial charge >= 0.3 is 0 Å². The Labute approximate surface area is 60.2 Å². The van der Waals surface area contributed by atoms with Gasteiger partial charge in [-0.1, -0.05) is 6.42 Å². The van der Waals surface area contributed by atoms with Gasteiger partial charge in [-0.3, -0.25) is 4.79 Å². The van der Waals surface area contributed by atoms with Crippen molar-refractivity contribution in [3.63, 3.8) is 0 Å². The lowest BCUT2D eigenvalue weighted by atomic mass is 9.87. The van der Waals surface area contributed by atoms with Crippen LogP contribution in [0.2, 0.25) is 0 Å². The number of aliphatic hydroxyl groups is 1. The highest BCUT2D eigenvalue weighted by Crippen LogP contribution is 2.23. The predicted octanol–water partition coefficient (Wildman–Crippen LogP) is 0.0228. The highest BCUT2D eigenvalue weighted by atomic mass is 16.3. The van der Waals surface area contributed by atoms with Gasteiger partial charge in [0.05, 0.1) is 6.10 Å². The van der Waals surface area contributed by atoms with E-state index in [1.165, 1.54) is 0 Å². The molecule has 0 aliphatic heterocycles. The number of amides is 1. The average molecular weight is 143 g/mol. The molecule has 3 heteroatoms. The lowest BCUT2D eigenvalue weighted by Crippen LogP contribution is -2.30. The second-order valence-corrected chi connectivity index (χ2v) is 2.92. The fourth-order valence-electron chi connectivity index (χ4n) is 1.42. The van der Waals surface area contributed by atoms with E-state index >= 15 is 0 Å². The van der Waals surface area contributed by atoms with Crippen molar-refractivity contribution in [1.82, 2.24) is 0 Å². The van der Waals surface area contributed by atoms with Crippen molar-refractivity contribution in [3.05, 3.63) is 0 Å². The van der Waals surface area contributed by atoms with Crippen LogP contribution in [0, 0.1) is 5.92 Å². The van der Waals surface area contributed by atoms with Crippen molar-refractivity contribution in [1.29, 1.82) is 0 Å². The highest BCUT2D eigenvalue weighted by molar-refractivity contribution is 5.76. The molecular formula is C7H13NO2. The van der Waals surface area contributed by atoms with Gasteiger partial charge in [0.2, 0.25) is 5.91 Å². The molecule has 3 nitrogen and oxygen atoms in total. The molecular weight excluding hydrogens is 130 g/mol. The third kappa shape index (κ3) is 1.70. The summed E-state index contributed by atoms with van der Waals surface area (Å²) in [6.45, 7) is 0. The monoisotopic (exact) mass is 143 g/mol. The zero-order valence-corrected chi connectivity index (χ0v) is 5.92. The lowest BCUT2D eigenvalue weighted by molar-refractivity contribution is -0.123. The SMILES string of the molecule is NC(=O)[C@@H]1CCCC(O)C1. The Kier molecular flexibility index (Phi) is 2.27. The summed E-state index contributed by atoms with van der Waals surface area (Å²) in [7, 11) is 0. The van der Waals surface area contributed by atoms with Crippen molar-refractivity contribution < 1.29 is 9.90 Å². The standard InChI is InChI=1S/C7H13NO2/c8-7(10)5-2-1-3-6(9)4-5/h5-6,9H,1-4H2,(H2,8,10)/t5-,6?/m1/s1. The first kappa shape index (κ1) is 7.54. The Bertz CT molecular complexity index is 136. The van der Waals surface area contributed by atoms with Crippen molar-refractivity contribution in [3.8, 4) is 0 Å². The molecule has 0 aromatic carbocycles. The molecule has 58 valence electrons. The summed E-state index contributed by atoms with van der Waals surface area (Å²) in [5.74, 6) is -0.345. The molecule has 0 spiro atoms. The van der Waals surface area contributed by atoms with E-state index in [1.54, 1.807) is 0 Å². The molecule has 2 atom stereocenters. The third-order valence-electron chi connectivity index (χ3n) is 2.05. The van der Waals surface area contributed by atoms with E-state index in [0.717, 1.165) is 19.3 Å². The van der Waals surface area contributed by atoms with Crippen LogP contribution < -0.4 is 5.73 Å². The molecule has 1 saturated carbocycles. The number of carbonyl (C=O) groups is 1. The quantitative estimate of drug-likeness (QED) is 0.543. The van der Waals surface area contributed by atoms with E-state index in [4.69, 9.17) is 10.8 Å². The van der Waals surface area contributed by atoms with Gasteiger partial charge in [0.15, 0.2) is 0 Å². The summed E-state index contributed by atoms with van der Waals surface area (Å²) in [5, 5.41) is 9.12. The van der Waals surface area contributed by atoms with E-state index in [-0.39, 0.29) is 17.9 Å². The van der Waals surface area contributed by atoms with Gasteiger partial charge < -0.3 is 10.8 Å². The van der Waals surface area contributed by atoms with Crippen LogP contribution >= 0.6 is 0 Å². The summed E-state index contributed by atoms with van der Waals surface area (Å²) in [6, 6.07) is 0. The first-order chi connectivity index (χ1) is 4.70. The first-order valence-electron chi connectivity index (χ1n) is 3.67. The van der Waals surface area contributed by atoms with E-state index in [0.29, 0.717) is 6.42 Å². The maximum Gasteiger partial charge on any atom is 0.220 e. The Balaban J connectivity index is 2.39. The fourth-order valence-corrected chi connectivity index (χ4v) is 1.42. The molecule has 1 aliphatic carbocycles. The van der Waals surface area contributed by atoms with Crippen LogP contribution in [-0.4, -0.2) is 17.1 Å². The lowest BCUT2D eigenvalue weighted by Gasteiger charge is -2.22. The Morgan fingerprint density at radius 3 is 2.60 bits per heavy atom. The van der Waals surface area contributed by atoms with E-state index in [9.17, 15) is 4.79 Å². The van der Waals surface area contributed by atoms with Crippen LogP contribution in [0.3, 0.4) is 0 Å². The van der Waals surface area contributed by atoms with Crippen LogP contribution in [-0.2, 0) is 4.79 Å². The van der Waals surface area contributed by atoms with Crippen molar-refractivity contribution >= 4 is 5.91 Å². The summed E-state index contributed by atoms with van der Waals surface area (Å²) in [6.07, 6.45) is 2.87. The molecule has 3 N–H and O–H groups in total. The van der Waals surface area contributed by atoms with Gasteiger partial charge in [-0.2, -0.15) is 0 Å². The normalized spacial score (nSPS) is 33.7. The third-order valence-corrected chi connectivity index (χ3v) is 2.05. The minimum atomic E-state index is -0.300. The number of carbonyl (C=O) groups excluding carboxylic acids is 1. The second-order valence-electron chi connectivity index (χ2n) is 2.92. The Hall–Kier alpha value is -0.570. The molecule has 1 fully saturated rings. The number of hydrogen-bond acceptors (Lipinski definition) is 2. The average Bonchev–Trinajstić information content (AvgIpc) is 1.88. The highest BCUT2D eigenvalue weighted by Gasteiger charge is 2.23. The summed E-state index contributed by atoms with van der Waals surface area (Å²) in [5.41, 5.74) is 5.08. The molecule has 0 heterocycles. The van der Waals surface area contributed by atoms with Crippen LogP contribution in [0.4, 0.5) is 0 Å². The molecule has 0 aromatic heterocycles. The van der Waals surface area contributed by atoms with Crippen LogP contribution in [0.15, 0.2) is 0 Å². The van der Waals surface area contributed by atoms with Crippen molar-refractivity contribution in [2.24, 2.45) is 11.7 Å². The zero-order valence-electron chi connectivity index (χ0n) is 5.92. The minimum absolute atomic E-state index is 0.0799. The molecule has 1 rings (SSSR count). The van der Waals surface area contributed by atoms with Crippen LogP contribution in [0.25, 0.3) is 0 Å². The van der Waals surface area contributed by atoms with Crippen LogP contribution in [0.1, 0.15) is 25.7 Å². The molecule has 1 unspecified atom stereocenters. The minimum Gasteiger partial charge on any atom is -0.393 e. The number of aliphatic hydroxyl groups excluding tert-OH is 1. The number of rotatable bonds is 1. The Morgan fingerprint density at radius 2 is 2.20 bits per heavy atom. The van der Waals surface area contributed by atoms with Crippen LogP contribution in [0.5, 0.6) is 0 Å². The van der Waals surface area contributed by atoms with Gasteiger partial charge in [0, 0.05) is 5.92 Å². The maximum absolute atomic E-state index is 10.6. The van der Waals surface area contributed by atoms with E-state index in [1.807, 2.05) is 0 Å². The second kappa shape index (κ2) is 3.01. The summed E-state index contributed by atoms with van der Waals surface area (Å²) in [4.78, 5) is 10.6. The topological polar surface area (TPSA) is 63.3 Å². The first-order valence-corrected chi connectivity index (χ1v) is 3.67. The molecule has 0 aromatic rings. The number of nitrogens with two attached hydrogens (primary N) is 1. The molecule has 0 bridgehead atoms. The molecule has 0 saturated heterocycles. The van der Waals surface area contributed by atoms with Gasteiger partial charge in [-0.05, 0) is 19.3 Å². The molecule has 1 aliphatic rings. The number of hydrogen-bond donors (Lipinski definition) is 2. The molecule has 0 radical (unpaired) electrons. The largest absolute Gasteiger partial charge is 0.393 e. The maximum atomic E-state index is 10.6. The van der Waals surface area contributed by atoms with E-state index < -0.39 is 0 Å². The summed E-state index contributed by atoms with van der Waals surface area (Å²) < 4.78 is 0. The van der Waals surface area contributed by atoms with Gasteiger partial charge in [-0.25, -0.2) is 0 Å². The fraction of sp³-hybridized carbons (Fsp3) is 0.857. The van der Waals surface area contributed by atoms with Crippen molar-refractivity contribution in [2.45, 2.75) is 31.8 Å². The van der Waals surface area contributed by atoms with Gasteiger partial charge in [0.1, 0.15) is 0 Å². The Morgan fingerprint density at radius 1 is 1.50 bits per heavy atom. The van der Waals surface area contributed by atoms with Gasteiger partial charge in [0.25, 0.3) is 0 Å². The predicted molar refractivity (Wildman–Crippen MR) is 37.2 cm³/mol. The molecule has 1 amide bonds. The van der Waals surface area contributed by atoms with E-state index in [2.05, 4.69) is 0 Å². The van der Waals surface area contributed by atoms with Gasteiger partial charge in [-0.15, -0.1) is 0 Å². The number of primary amides is 1.